The lowest BCUT2D eigenvalue weighted by Gasteiger charge is -2.39. The molecule has 1 aromatic rings. The highest BCUT2D eigenvalue weighted by molar-refractivity contribution is 5.44. The lowest BCUT2D eigenvalue weighted by atomic mass is 9.77. The van der Waals surface area contributed by atoms with Crippen LogP contribution in [0.1, 0.15) is 45.4 Å². The third kappa shape index (κ3) is 2.67. The predicted molar refractivity (Wildman–Crippen MR) is 78.5 cm³/mol. The van der Waals surface area contributed by atoms with E-state index in [1.54, 1.807) is 6.20 Å². The number of nitrogens with zero attached hydrogens (tertiary/aromatic N) is 3. The maximum Gasteiger partial charge on any atom is 0.149 e. The van der Waals surface area contributed by atoms with E-state index < -0.39 is 0 Å². The van der Waals surface area contributed by atoms with Crippen molar-refractivity contribution >= 4 is 11.6 Å². The van der Waals surface area contributed by atoms with Crippen molar-refractivity contribution in [3.8, 4) is 0 Å². The van der Waals surface area contributed by atoms with Gasteiger partial charge in [0.25, 0.3) is 0 Å². The summed E-state index contributed by atoms with van der Waals surface area (Å²) in [5.41, 5.74) is 0.670. The van der Waals surface area contributed by atoms with Gasteiger partial charge in [-0.05, 0) is 38.0 Å². The van der Waals surface area contributed by atoms with Crippen molar-refractivity contribution in [2.75, 3.05) is 29.9 Å². The van der Waals surface area contributed by atoms with Crippen LogP contribution in [0.4, 0.5) is 11.6 Å². The minimum Gasteiger partial charge on any atom is -0.369 e. The summed E-state index contributed by atoms with van der Waals surface area (Å²) in [7, 11) is 0. The Morgan fingerprint density at radius 2 is 1.89 bits per heavy atom. The molecule has 0 atom stereocenters. The normalized spacial score (nSPS) is 21.8. The van der Waals surface area contributed by atoms with Crippen LogP contribution in [0.25, 0.3) is 0 Å². The highest BCUT2D eigenvalue weighted by Crippen LogP contribution is 2.46. The highest BCUT2D eigenvalue weighted by Gasteiger charge is 2.37. The molecule has 1 saturated carbocycles. The van der Waals surface area contributed by atoms with E-state index in [2.05, 4.69) is 27.1 Å². The van der Waals surface area contributed by atoms with E-state index in [-0.39, 0.29) is 0 Å². The standard InChI is InChI=1S/C15H24N4/c1-2-17-13-11-16-12-14(18-13)19-9-7-15(8-10-19)5-3-4-6-15/h11-12H,2-10H2,1H3,(H,17,18). The van der Waals surface area contributed by atoms with Crippen LogP contribution in [0.2, 0.25) is 0 Å². The maximum atomic E-state index is 4.65. The van der Waals surface area contributed by atoms with E-state index in [1.165, 1.54) is 38.5 Å². The zero-order valence-corrected chi connectivity index (χ0v) is 11.9. The van der Waals surface area contributed by atoms with Crippen LogP contribution in [0.15, 0.2) is 12.4 Å². The van der Waals surface area contributed by atoms with Crippen molar-refractivity contribution in [1.82, 2.24) is 9.97 Å². The topological polar surface area (TPSA) is 41.1 Å². The highest BCUT2D eigenvalue weighted by atomic mass is 15.2. The summed E-state index contributed by atoms with van der Waals surface area (Å²) >= 11 is 0. The second kappa shape index (κ2) is 5.35. The molecule has 1 saturated heterocycles. The summed E-state index contributed by atoms with van der Waals surface area (Å²) in [4.78, 5) is 11.4. The summed E-state index contributed by atoms with van der Waals surface area (Å²) < 4.78 is 0. The summed E-state index contributed by atoms with van der Waals surface area (Å²) in [6.45, 7) is 5.26. The van der Waals surface area contributed by atoms with Gasteiger partial charge in [0.1, 0.15) is 11.6 Å². The number of anilines is 2. The SMILES string of the molecule is CCNc1cncc(N2CCC3(CCCC3)CC2)n1. The number of aromatic nitrogens is 2. The summed E-state index contributed by atoms with van der Waals surface area (Å²) in [5.74, 6) is 1.92. The van der Waals surface area contributed by atoms with Gasteiger partial charge in [0.05, 0.1) is 12.4 Å². The molecule has 3 rings (SSSR count). The fourth-order valence-corrected chi connectivity index (χ4v) is 3.61. The molecule has 4 nitrogen and oxygen atoms in total. The molecule has 0 amide bonds. The second-order valence-corrected chi connectivity index (χ2v) is 5.99. The third-order valence-electron chi connectivity index (χ3n) is 4.79. The van der Waals surface area contributed by atoms with Crippen LogP contribution in [-0.2, 0) is 0 Å². The zero-order valence-electron chi connectivity index (χ0n) is 11.9. The number of hydrogen-bond acceptors (Lipinski definition) is 4. The van der Waals surface area contributed by atoms with Crippen LogP contribution in [0, 0.1) is 5.41 Å². The van der Waals surface area contributed by atoms with Gasteiger partial charge in [-0.15, -0.1) is 0 Å². The van der Waals surface area contributed by atoms with Gasteiger partial charge in [0.2, 0.25) is 0 Å². The number of rotatable bonds is 3. The van der Waals surface area contributed by atoms with E-state index in [9.17, 15) is 0 Å². The largest absolute Gasteiger partial charge is 0.369 e. The fourth-order valence-electron chi connectivity index (χ4n) is 3.61. The summed E-state index contributed by atoms with van der Waals surface area (Å²) in [6.07, 6.45) is 12.1. The van der Waals surface area contributed by atoms with Crippen LogP contribution in [-0.4, -0.2) is 29.6 Å². The van der Waals surface area contributed by atoms with Crippen molar-refractivity contribution in [3.63, 3.8) is 0 Å². The Kier molecular flexibility index (Phi) is 3.58. The Labute approximate surface area is 115 Å². The molecule has 4 heteroatoms. The lowest BCUT2D eigenvalue weighted by molar-refractivity contribution is 0.226. The average molecular weight is 260 g/mol. The molecule has 1 aliphatic heterocycles. The zero-order chi connectivity index (χ0) is 13.1. The maximum absolute atomic E-state index is 4.65. The molecular weight excluding hydrogens is 236 g/mol. The molecule has 0 radical (unpaired) electrons. The summed E-state index contributed by atoms with van der Waals surface area (Å²) in [5, 5.41) is 3.24. The molecular formula is C15H24N4. The van der Waals surface area contributed by atoms with Gasteiger partial charge < -0.3 is 10.2 Å². The van der Waals surface area contributed by atoms with Gasteiger partial charge >= 0.3 is 0 Å². The van der Waals surface area contributed by atoms with E-state index in [0.717, 1.165) is 31.3 Å². The molecule has 2 aliphatic rings. The Morgan fingerprint density at radius 3 is 2.58 bits per heavy atom. The number of piperidine rings is 1. The molecule has 0 unspecified atom stereocenters. The molecule has 1 aromatic heterocycles. The molecule has 19 heavy (non-hydrogen) atoms. The fraction of sp³-hybridized carbons (Fsp3) is 0.733. The second-order valence-electron chi connectivity index (χ2n) is 5.99. The van der Waals surface area contributed by atoms with Crippen molar-refractivity contribution in [2.24, 2.45) is 5.41 Å². The van der Waals surface area contributed by atoms with Gasteiger partial charge in [-0.1, -0.05) is 12.8 Å². The van der Waals surface area contributed by atoms with Crippen LogP contribution in [0.5, 0.6) is 0 Å². The first kappa shape index (κ1) is 12.7. The third-order valence-corrected chi connectivity index (χ3v) is 4.79. The van der Waals surface area contributed by atoms with Crippen LogP contribution >= 0.6 is 0 Å². The van der Waals surface area contributed by atoms with Crippen molar-refractivity contribution in [3.05, 3.63) is 12.4 Å². The van der Waals surface area contributed by atoms with Gasteiger partial charge in [-0.2, -0.15) is 0 Å². The Hall–Kier alpha value is -1.32. The minimum absolute atomic E-state index is 0.670. The quantitative estimate of drug-likeness (QED) is 0.907. The first-order chi connectivity index (χ1) is 9.31. The van der Waals surface area contributed by atoms with E-state index in [1.807, 2.05) is 6.20 Å². The lowest BCUT2D eigenvalue weighted by Crippen LogP contribution is -2.39. The van der Waals surface area contributed by atoms with Gasteiger partial charge in [0, 0.05) is 19.6 Å². The van der Waals surface area contributed by atoms with Gasteiger partial charge in [-0.3, -0.25) is 4.98 Å². The van der Waals surface area contributed by atoms with Crippen LogP contribution in [0.3, 0.4) is 0 Å². The summed E-state index contributed by atoms with van der Waals surface area (Å²) in [6, 6.07) is 0. The average Bonchev–Trinajstić information content (AvgIpc) is 2.89. The molecule has 104 valence electrons. The number of hydrogen-bond donors (Lipinski definition) is 1. The molecule has 2 fully saturated rings. The van der Waals surface area contributed by atoms with Crippen molar-refractivity contribution in [1.29, 1.82) is 0 Å². The molecule has 0 aromatic carbocycles. The number of nitrogens with one attached hydrogen (secondary N) is 1. The first-order valence-electron chi connectivity index (χ1n) is 7.62. The van der Waals surface area contributed by atoms with Crippen molar-refractivity contribution in [2.45, 2.75) is 45.4 Å². The van der Waals surface area contributed by atoms with E-state index in [0.29, 0.717) is 5.41 Å². The molecule has 1 aliphatic carbocycles. The van der Waals surface area contributed by atoms with Crippen LogP contribution < -0.4 is 10.2 Å². The predicted octanol–water partition coefficient (Wildman–Crippen LogP) is 3.07. The Bertz CT molecular complexity index is 416. The van der Waals surface area contributed by atoms with E-state index in [4.69, 9.17) is 0 Å². The van der Waals surface area contributed by atoms with Gasteiger partial charge in [-0.25, -0.2) is 4.98 Å². The molecule has 1 N–H and O–H groups in total. The smallest absolute Gasteiger partial charge is 0.149 e. The van der Waals surface area contributed by atoms with E-state index >= 15 is 0 Å². The van der Waals surface area contributed by atoms with Gasteiger partial charge in [0.15, 0.2) is 0 Å². The molecule has 2 heterocycles. The minimum atomic E-state index is 0.670. The Balaban J connectivity index is 1.66. The van der Waals surface area contributed by atoms with Crippen molar-refractivity contribution < 1.29 is 0 Å². The molecule has 1 spiro atoms. The molecule has 0 bridgehead atoms. The Morgan fingerprint density at radius 1 is 1.16 bits per heavy atom. The first-order valence-corrected chi connectivity index (χ1v) is 7.62. The monoisotopic (exact) mass is 260 g/mol.